The van der Waals surface area contributed by atoms with Gasteiger partial charge in [0, 0.05) is 31.2 Å². The van der Waals surface area contributed by atoms with E-state index in [4.69, 9.17) is 4.42 Å². The molecule has 0 unspecified atom stereocenters. The van der Waals surface area contributed by atoms with Crippen molar-refractivity contribution in [3.63, 3.8) is 0 Å². The van der Waals surface area contributed by atoms with E-state index in [2.05, 4.69) is 19.5 Å². The molecule has 24 heavy (non-hydrogen) atoms. The van der Waals surface area contributed by atoms with Crippen molar-refractivity contribution >= 4 is 5.91 Å². The van der Waals surface area contributed by atoms with Gasteiger partial charge in [0.05, 0.1) is 18.6 Å². The fourth-order valence-corrected chi connectivity index (χ4v) is 3.30. The lowest BCUT2D eigenvalue weighted by Gasteiger charge is -2.33. The molecular weight excluding hydrogens is 306 g/mol. The number of furan rings is 1. The van der Waals surface area contributed by atoms with Crippen molar-refractivity contribution in [2.75, 3.05) is 13.1 Å². The van der Waals surface area contributed by atoms with Gasteiger partial charge in [-0.3, -0.25) is 4.79 Å². The largest absolute Gasteiger partial charge is 0.459 e. The van der Waals surface area contributed by atoms with Gasteiger partial charge in [0.15, 0.2) is 11.6 Å². The number of piperidine rings is 1. The van der Waals surface area contributed by atoms with Gasteiger partial charge in [0.2, 0.25) is 0 Å². The number of imidazole rings is 2. The van der Waals surface area contributed by atoms with Crippen molar-refractivity contribution in [1.29, 1.82) is 0 Å². The highest BCUT2D eigenvalue weighted by Gasteiger charge is 2.28. The van der Waals surface area contributed by atoms with Crippen LogP contribution in [0.25, 0.3) is 11.5 Å². The third-order valence-corrected chi connectivity index (χ3v) is 4.52. The van der Waals surface area contributed by atoms with Crippen LogP contribution in [-0.4, -0.2) is 43.4 Å². The van der Waals surface area contributed by atoms with Crippen LogP contribution in [0.5, 0.6) is 0 Å². The highest BCUT2D eigenvalue weighted by atomic mass is 16.3. The van der Waals surface area contributed by atoms with Gasteiger partial charge >= 0.3 is 0 Å². The normalized spacial score (nSPS) is 18.0. The summed E-state index contributed by atoms with van der Waals surface area (Å²) in [7, 11) is 0. The zero-order chi connectivity index (χ0) is 16.5. The van der Waals surface area contributed by atoms with Crippen LogP contribution >= 0.6 is 0 Å². The molecule has 3 aromatic rings. The highest BCUT2D eigenvalue weighted by molar-refractivity contribution is 5.91. The van der Waals surface area contributed by atoms with Gasteiger partial charge in [0.1, 0.15) is 5.69 Å². The zero-order valence-corrected chi connectivity index (χ0v) is 13.5. The highest BCUT2D eigenvalue weighted by Crippen LogP contribution is 2.28. The van der Waals surface area contributed by atoms with Crippen molar-refractivity contribution in [3.8, 4) is 11.5 Å². The molecule has 1 atom stereocenters. The van der Waals surface area contributed by atoms with E-state index in [0.717, 1.165) is 36.6 Å². The van der Waals surface area contributed by atoms with Crippen molar-refractivity contribution in [3.05, 3.63) is 48.6 Å². The van der Waals surface area contributed by atoms with Gasteiger partial charge in [-0.1, -0.05) is 0 Å². The lowest BCUT2D eigenvalue weighted by atomic mass is 10.0. The van der Waals surface area contributed by atoms with Crippen LogP contribution in [-0.2, 0) is 0 Å². The summed E-state index contributed by atoms with van der Waals surface area (Å²) in [5, 5.41) is 0. The Bertz CT molecular complexity index is 833. The molecule has 1 fully saturated rings. The molecule has 7 heteroatoms. The number of rotatable bonds is 3. The van der Waals surface area contributed by atoms with Crippen molar-refractivity contribution in [2.45, 2.75) is 25.8 Å². The van der Waals surface area contributed by atoms with Crippen LogP contribution in [0.1, 0.15) is 35.1 Å². The molecule has 0 bridgehead atoms. The van der Waals surface area contributed by atoms with E-state index >= 15 is 0 Å². The monoisotopic (exact) mass is 325 g/mol. The number of aromatic amines is 1. The fourth-order valence-electron chi connectivity index (χ4n) is 3.30. The minimum Gasteiger partial charge on any atom is -0.459 e. The van der Waals surface area contributed by atoms with E-state index in [-0.39, 0.29) is 11.9 Å². The lowest BCUT2D eigenvalue weighted by Crippen LogP contribution is -2.40. The Labute approximate surface area is 139 Å². The molecule has 4 rings (SSSR count). The molecule has 1 N–H and O–H groups in total. The second-order valence-corrected chi connectivity index (χ2v) is 6.06. The number of amides is 1. The van der Waals surface area contributed by atoms with Crippen LogP contribution in [0.15, 0.2) is 41.5 Å². The summed E-state index contributed by atoms with van der Waals surface area (Å²) in [6, 6.07) is 3.64. The summed E-state index contributed by atoms with van der Waals surface area (Å²) in [6.07, 6.45) is 8.93. The maximum atomic E-state index is 12.5. The maximum absolute atomic E-state index is 12.5. The number of hydrogen-bond donors (Lipinski definition) is 1. The molecule has 0 aliphatic carbocycles. The third-order valence-electron chi connectivity index (χ3n) is 4.52. The summed E-state index contributed by atoms with van der Waals surface area (Å²) in [5.74, 6) is 1.18. The van der Waals surface area contributed by atoms with Gasteiger partial charge in [0.25, 0.3) is 5.91 Å². The summed E-state index contributed by atoms with van der Waals surface area (Å²) >= 11 is 0. The number of aromatic nitrogens is 4. The molecule has 0 saturated carbocycles. The molecule has 124 valence electrons. The molecular formula is C17H19N5O2. The average molecular weight is 325 g/mol. The predicted octanol–water partition coefficient (Wildman–Crippen LogP) is 2.65. The first-order valence-electron chi connectivity index (χ1n) is 8.10. The van der Waals surface area contributed by atoms with Gasteiger partial charge in [-0.2, -0.15) is 0 Å². The molecule has 0 aromatic carbocycles. The second-order valence-electron chi connectivity index (χ2n) is 6.06. The van der Waals surface area contributed by atoms with Crippen LogP contribution in [0.3, 0.4) is 0 Å². The fraction of sp³-hybridized carbons (Fsp3) is 0.353. The Morgan fingerprint density at radius 2 is 2.33 bits per heavy atom. The minimum absolute atomic E-state index is 0.0534. The topological polar surface area (TPSA) is 80.0 Å². The number of nitrogens with one attached hydrogen (secondary N) is 1. The van der Waals surface area contributed by atoms with Crippen LogP contribution in [0.2, 0.25) is 0 Å². The zero-order valence-electron chi connectivity index (χ0n) is 13.5. The Morgan fingerprint density at radius 3 is 3.08 bits per heavy atom. The smallest absolute Gasteiger partial charge is 0.289 e. The standard InChI is InChI=1S/C17H19N5O2/c1-12-15(20-11-19-12)16-18-6-8-22(16)13-4-2-7-21(10-13)17(23)14-5-3-9-24-14/h3,5-6,8-9,11,13H,2,4,7,10H2,1H3,(H,19,20)/t13-/m0/s1. The van der Waals surface area contributed by atoms with E-state index in [1.165, 1.54) is 6.26 Å². The Morgan fingerprint density at radius 1 is 1.42 bits per heavy atom. The van der Waals surface area contributed by atoms with E-state index in [1.807, 2.05) is 18.0 Å². The van der Waals surface area contributed by atoms with E-state index in [1.54, 1.807) is 24.7 Å². The molecule has 7 nitrogen and oxygen atoms in total. The van der Waals surface area contributed by atoms with E-state index < -0.39 is 0 Å². The van der Waals surface area contributed by atoms with E-state index in [0.29, 0.717) is 12.3 Å². The SMILES string of the molecule is Cc1[nH]cnc1-c1nccn1[C@H]1CCCN(C(=O)c2ccco2)C1. The molecule has 0 spiro atoms. The number of carbonyl (C=O) groups is 1. The summed E-state index contributed by atoms with van der Waals surface area (Å²) in [6.45, 7) is 3.38. The number of hydrogen-bond acceptors (Lipinski definition) is 4. The van der Waals surface area contributed by atoms with Crippen molar-refractivity contribution < 1.29 is 9.21 Å². The molecule has 4 heterocycles. The van der Waals surface area contributed by atoms with Gasteiger partial charge in [-0.25, -0.2) is 9.97 Å². The molecule has 0 radical (unpaired) electrons. The second kappa shape index (κ2) is 5.99. The molecule has 3 aromatic heterocycles. The molecule has 1 aliphatic rings. The first-order chi connectivity index (χ1) is 11.7. The molecule has 1 aliphatic heterocycles. The number of likely N-dealkylation sites (tertiary alicyclic amines) is 1. The number of carbonyl (C=O) groups excluding carboxylic acids is 1. The van der Waals surface area contributed by atoms with E-state index in [9.17, 15) is 4.79 Å². The summed E-state index contributed by atoms with van der Waals surface area (Å²) in [4.78, 5) is 26.3. The lowest BCUT2D eigenvalue weighted by molar-refractivity contribution is 0.0648. The Hall–Kier alpha value is -2.83. The predicted molar refractivity (Wildman–Crippen MR) is 87.4 cm³/mol. The first kappa shape index (κ1) is 14.7. The first-order valence-corrected chi connectivity index (χ1v) is 8.10. The average Bonchev–Trinajstić information content (AvgIpc) is 3.35. The van der Waals surface area contributed by atoms with Crippen LogP contribution in [0, 0.1) is 6.92 Å². The maximum Gasteiger partial charge on any atom is 0.289 e. The Kier molecular flexibility index (Phi) is 3.68. The van der Waals surface area contributed by atoms with Crippen LogP contribution < -0.4 is 0 Å². The quantitative estimate of drug-likeness (QED) is 0.803. The van der Waals surface area contributed by atoms with Crippen molar-refractivity contribution in [2.24, 2.45) is 0 Å². The van der Waals surface area contributed by atoms with Gasteiger partial charge in [-0.15, -0.1) is 0 Å². The summed E-state index contributed by atoms with van der Waals surface area (Å²) < 4.78 is 7.38. The number of nitrogens with zero attached hydrogens (tertiary/aromatic N) is 4. The minimum atomic E-state index is -0.0534. The van der Waals surface area contributed by atoms with Crippen molar-refractivity contribution in [1.82, 2.24) is 24.4 Å². The Balaban J connectivity index is 1.58. The van der Waals surface area contributed by atoms with Gasteiger partial charge < -0.3 is 18.9 Å². The number of H-pyrrole nitrogens is 1. The van der Waals surface area contributed by atoms with Crippen LogP contribution in [0.4, 0.5) is 0 Å². The molecule has 1 amide bonds. The molecule has 1 saturated heterocycles. The van der Waals surface area contributed by atoms with Gasteiger partial charge in [-0.05, 0) is 31.9 Å². The number of aryl methyl sites for hydroxylation is 1. The third kappa shape index (κ3) is 2.51. The summed E-state index contributed by atoms with van der Waals surface area (Å²) in [5.41, 5.74) is 1.84.